The fourth-order valence-electron chi connectivity index (χ4n) is 1.74. The highest BCUT2D eigenvalue weighted by atomic mass is 32.2. The number of aromatic nitrogens is 1. The molecule has 2 aromatic rings. The predicted octanol–water partition coefficient (Wildman–Crippen LogP) is 0.834. The van der Waals surface area contributed by atoms with Crippen molar-refractivity contribution >= 4 is 26.7 Å². The van der Waals surface area contributed by atoms with Crippen LogP contribution in [0.5, 0.6) is 0 Å². The van der Waals surface area contributed by atoms with Gasteiger partial charge in [-0.2, -0.15) is 0 Å². The number of hydrazine groups is 1. The van der Waals surface area contributed by atoms with Gasteiger partial charge in [0.15, 0.2) is 0 Å². The smallest absolute Gasteiger partial charge is 0.240 e. The van der Waals surface area contributed by atoms with Crippen LogP contribution in [0.15, 0.2) is 35.2 Å². The van der Waals surface area contributed by atoms with Crippen molar-refractivity contribution in [2.75, 3.05) is 19.1 Å². The molecule has 8 heteroatoms. The molecule has 0 spiro atoms. The number of hydrogen-bond acceptors (Lipinski definition) is 6. The highest BCUT2D eigenvalue weighted by Crippen LogP contribution is 2.19. The molecule has 0 bridgehead atoms. The Labute approximate surface area is 123 Å². The van der Waals surface area contributed by atoms with E-state index in [1.165, 1.54) is 13.2 Å². The van der Waals surface area contributed by atoms with E-state index in [9.17, 15) is 8.42 Å². The Bertz CT molecular complexity index is 733. The topological polar surface area (TPSA) is 106 Å². The van der Waals surface area contributed by atoms with Crippen LogP contribution in [-0.2, 0) is 14.8 Å². The third kappa shape index (κ3) is 3.67. The first kappa shape index (κ1) is 15.6. The number of hydrogen-bond donors (Lipinski definition) is 3. The summed E-state index contributed by atoms with van der Waals surface area (Å²) in [5, 5.41) is 0.719. The fraction of sp³-hybridized carbons (Fsp3) is 0.308. The van der Waals surface area contributed by atoms with Crippen LogP contribution in [0, 0.1) is 0 Å². The minimum absolute atomic E-state index is 0.188. The first-order chi connectivity index (χ1) is 9.96. The Balaban J connectivity index is 2.29. The monoisotopic (exact) mass is 310 g/mol. The average molecular weight is 310 g/mol. The van der Waals surface area contributed by atoms with Gasteiger partial charge >= 0.3 is 0 Å². The normalized spacial score (nSPS) is 13.3. The van der Waals surface area contributed by atoms with Gasteiger partial charge < -0.3 is 10.2 Å². The highest BCUT2D eigenvalue weighted by Gasteiger charge is 2.15. The van der Waals surface area contributed by atoms with Crippen molar-refractivity contribution in [3.63, 3.8) is 0 Å². The minimum Gasteiger partial charge on any atom is -0.380 e. The third-order valence-electron chi connectivity index (χ3n) is 3.08. The molecule has 0 saturated carbocycles. The van der Waals surface area contributed by atoms with Crippen LogP contribution in [-0.4, -0.2) is 33.2 Å². The molecule has 0 radical (unpaired) electrons. The van der Waals surface area contributed by atoms with Gasteiger partial charge in [-0.3, -0.25) is 0 Å². The van der Waals surface area contributed by atoms with Gasteiger partial charge in [-0.1, -0.05) is 0 Å². The van der Waals surface area contributed by atoms with Crippen LogP contribution in [0.1, 0.15) is 6.92 Å². The summed E-state index contributed by atoms with van der Waals surface area (Å²) in [5.74, 6) is 5.81. The fourth-order valence-corrected chi connectivity index (χ4v) is 2.90. The van der Waals surface area contributed by atoms with Crippen LogP contribution >= 0.6 is 0 Å². The van der Waals surface area contributed by atoms with E-state index in [4.69, 9.17) is 10.6 Å². The zero-order valence-corrected chi connectivity index (χ0v) is 12.6. The second-order valence-electron chi connectivity index (χ2n) is 4.59. The quantitative estimate of drug-likeness (QED) is 0.539. The van der Waals surface area contributed by atoms with E-state index >= 15 is 0 Å². The molecule has 2 rings (SSSR count). The average Bonchev–Trinajstić information content (AvgIpc) is 2.51. The van der Waals surface area contributed by atoms with E-state index in [1.807, 2.05) is 0 Å². The lowest BCUT2D eigenvalue weighted by atomic mass is 10.2. The first-order valence-corrected chi connectivity index (χ1v) is 7.84. The molecule has 0 fully saturated rings. The molecule has 0 saturated heterocycles. The molecule has 21 heavy (non-hydrogen) atoms. The van der Waals surface area contributed by atoms with Gasteiger partial charge in [-0.25, -0.2) is 24.0 Å². The number of nitrogens with one attached hydrogen (secondary N) is 2. The third-order valence-corrected chi connectivity index (χ3v) is 4.50. The summed E-state index contributed by atoms with van der Waals surface area (Å²) in [4.78, 5) is 4.42. The van der Waals surface area contributed by atoms with Crippen molar-refractivity contribution in [3.05, 3.63) is 30.3 Å². The van der Waals surface area contributed by atoms with E-state index in [-0.39, 0.29) is 17.5 Å². The predicted molar refractivity (Wildman–Crippen MR) is 81.2 cm³/mol. The van der Waals surface area contributed by atoms with Crippen LogP contribution < -0.4 is 16.0 Å². The Hall–Kier alpha value is -1.74. The Morgan fingerprint density at radius 2 is 2.10 bits per heavy atom. The maximum absolute atomic E-state index is 12.2. The molecule has 7 nitrogen and oxygen atoms in total. The number of nitrogens with zero attached hydrogens (tertiary/aromatic N) is 1. The van der Waals surface area contributed by atoms with Crippen molar-refractivity contribution in [1.82, 2.24) is 9.71 Å². The molecular formula is C13H18N4O3S. The summed E-state index contributed by atoms with van der Waals surface area (Å²) in [7, 11) is -2.04. The van der Waals surface area contributed by atoms with Gasteiger partial charge in [0.2, 0.25) is 10.0 Å². The summed E-state index contributed by atoms with van der Waals surface area (Å²) in [6.45, 7) is 2.00. The molecule has 0 aliphatic carbocycles. The van der Waals surface area contributed by atoms with Gasteiger partial charge in [0.1, 0.15) is 5.82 Å². The van der Waals surface area contributed by atoms with Crippen molar-refractivity contribution < 1.29 is 13.2 Å². The van der Waals surface area contributed by atoms with E-state index in [0.29, 0.717) is 11.3 Å². The summed E-state index contributed by atoms with van der Waals surface area (Å²) in [5.41, 5.74) is 3.11. The molecular weight excluding hydrogens is 292 g/mol. The zero-order chi connectivity index (χ0) is 15.5. The minimum atomic E-state index is -3.57. The van der Waals surface area contributed by atoms with E-state index in [2.05, 4.69) is 15.1 Å². The summed E-state index contributed by atoms with van der Waals surface area (Å²) in [6.07, 6.45) is -0.194. The summed E-state index contributed by atoms with van der Waals surface area (Å²) >= 11 is 0. The molecule has 1 heterocycles. The van der Waals surface area contributed by atoms with Gasteiger partial charge in [0.25, 0.3) is 0 Å². The van der Waals surface area contributed by atoms with E-state index in [0.717, 1.165) is 5.39 Å². The maximum Gasteiger partial charge on any atom is 0.240 e. The van der Waals surface area contributed by atoms with Crippen molar-refractivity contribution in [2.24, 2.45) is 5.84 Å². The molecule has 4 N–H and O–H groups in total. The van der Waals surface area contributed by atoms with Crippen LogP contribution in [0.3, 0.4) is 0 Å². The zero-order valence-electron chi connectivity index (χ0n) is 11.8. The lowest BCUT2D eigenvalue weighted by Crippen LogP contribution is -2.31. The number of rotatable bonds is 6. The van der Waals surface area contributed by atoms with Gasteiger partial charge in [-0.05, 0) is 37.3 Å². The standard InChI is InChI=1S/C13H18N4O3S/c1-9(20-2)8-15-21(18,19)11-4-5-12-10(7-11)3-6-13(16-12)17-14/h3-7,9,15H,8,14H2,1-2H3,(H,16,17). The molecule has 0 aliphatic rings. The van der Waals surface area contributed by atoms with Crippen LogP contribution in [0.4, 0.5) is 5.82 Å². The lowest BCUT2D eigenvalue weighted by molar-refractivity contribution is 0.122. The van der Waals surface area contributed by atoms with Gasteiger partial charge in [-0.15, -0.1) is 0 Å². The maximum atomic E-state index is 12.2. The first-order valence-electron chi connectivity index (χ1n) is 6.36. The SMILES string of the molecule is COC(C)CNS(=O)(=O)c1ccc2nc(NN)ccc2c1. The molecule has 114 valence electrons. The molecule has 1 atom stereocenters. The van der Waals surface area contributed by atoms with Gasteiger partial charge in [0, 0.05) is 19.0 Å². The van der Waals surface area contributed by atoms with E-state index in [1.54, 1.807) is 31.2 Å². The lowest BCUT2D eigenvalue weighted by Gasteiger charge is -2.12. The van der Waals surface area contributed by atoms with Crippen molar-refractivity contribution in [1.29, 1.82) is 0 Å². The number of fused-ring (bicyclic) bond motifs is 1. The number of anilines is 1. The molecule has 1 unspecified atom stereocenters. The largest absolute Gasteiger partial charge is 0.380 e. The summed E-state index contributed by atoms with van der Waals surface area (Å²) < 4.78 is 31.9. The Morgan fingerprint density at radius 3 is 2.76 bits per heavy atom. The van der Waals surface area contributed by atoms with Crippen molar-refractivity contribution in [2.45, 2.75) is 17.9 Å². The van der Waals surface area contributed by atoms with Crippen LogP contribution in [0.2, 0.25) is 0 Å². The molecule has 1 aromatic heterocycles. The number of ether oxygens (including phenoxy) is 1. The second-order valence-corrected chi connectivity index (χ2v) is 6.36. The van der Waals surface area contributed by atoms with Crippen LogP contribution in [0.25, 0.3) is 10.9 Å². The second kappa shape index (κ2) is 6.35. The molecule has 0 amide bonds. The number of benzene rings is 1. The van der Waals surface area contributed by atoms with Crippen molar-refractivity contribution in [3.8, 4) is 0 Å². The Kier molecular flexibility index (Phi) is 4.73. The number of sulfonamides is 1. The number of nitrogens with two attached hydrogens (primary N) is 1. The molecule has 0 aliphatic heterocycles. The van der Waals surface area contributed by atoms with Gasteiger partial charge in [0.05, 0.1) is 16.5 Å². The van der Waals surface area contributed by atoms with E-state index < -0.39 is 10.0 Å². The number of pyridine rings is 1. The number of methoxy groups -OCH3 is 1. The summed E-state index contributed by atoms with van der Waals surface area (Å²) in [6, 6.07) is 8.16. The highest BCUT2D eigenvalue weighted by molar-refractivity contribution is 7.89. The molecule has 1 aromatic carbocycles. The number of nitrogen functional groups attached to an aromatic ring is 1. The Morgan fingerprint density at radius 1 is 1.33 bits per heavy atom.